The number of hydrogen-bond acceptors (Lipinski definition) is 5. The molecule has 2 aromatic carbocycles. The lowest BCUT2D eigenvalue weighted by atomic mass is 10.1. The van der Waals surface area contributed by atoms with Gasteiger partial charge in [-0.2, -0.15) is 4.98 Å². The van der Waals surface area contributed by atoms with Gasteiger partial charge in [-0.05, 0) is 30.7 Å². The largest absolute Gasteiger partial charge is 0.452 e. The zero-order valence-electron chi connectivity index (χ0n) is 13.5. The molecule has 0 amide bonds. The zero-order chi connectivity index (χ0) is 17.6. The highest BCUT2D eigenvalue weighted by molar-refractivity contribution is 6.33. The van der Waals surface area contributed by atoms with Crippen LogP contribution in [0.4, 0.5) is 0 Å². The molecule has 126 valence electrons. The van der Waals surface area contributed by atoms with Crippen LogP contribution in [0.2, 0.25) is 5.02 Å². The Kier molecular flexibility index (Phi) is 5.26. The third-order valence-corrected chi connectivity index (χ3v) is 3.70. The number of carbonyl (C=O) groups excluding carboxylic acids is 1. The standard InChI is InChI=1S/C19H15ClN2O3/c1-13-5-4-6-14(11-13)9-10-18(23)24-12-17-21-19(22-25-17)15-7-2-3-8-16(15)20/h2-11H,12H2,1H3/b10-9+. The van der Waals surface area contributed by atoms with E-state index in [9.17, 15) is 4.79 Å². The molecule has 3 aromatic rings. The number of aryl methyl sites for hydroxylation is 1. The van der Waals surface area contributed by atoms with E-state index < -0.39 is 5.97 Å². The summed E-state index contributed by atoms with van der Waals surface area (Å²) in [5.74, 6) is 0.0678. The molecule has 0 spiro atoms. The van der Waals surface area contributed by atoms with Gasteiger partial charge < -0.3 is 9.26 Å². The molecule has 0 radical (unpaired) electrons. The molecule has 25 heavy (non-hydrogen) atoms. The lowest BCUT2D eigenvalue weighted by Gasteiger charge is -1.98. The van der Waals surface area contributed by atoms with Crippen molar-refractivity contribution in [2.75, 3.05) is 0 Å². The van der Waals surface area contributed by atoms with Gasteiger partial charge in [-0.15, -0.1) is 0 Å². The summed E-state index contributed by atoms with van der Waals surface area (Å²) >= 11 is 6.09. The first-order valence-electron chi connectivity index (χ1n) is 7.61. The van der Waals surface area contributed by atoms with E-state index in [0.29, 0.717) is 16.4 Å². The smallest absolute Gasteiger partial charge is 0.331 e. The molecule has 0 aliphatic heterocycles. The molecule has 0 fully saturated rings. The van der Waals surface area contributed by atoms with E-state index in [1.54, 1.807) is 18.2 Å². The van der Waals surface area contributed by atoms with Crippen molar-refractivity contribution in [2.45, 2.75) is 13.5 Å². The van der Waals surface area contributed by atoms with Gasteiger partial charge in [-0.3, -0.25) is 0 Å². The highest BCUT2D eigenvalue weighted by atomic mass is 35.5. The Morgan fingerprint density at radius 1 is 1.24 bits per heavy atom. The van der Waals surface area contributed by atoms with Crippen LogP contribution < -0.4 is 0 Å². The first kappa shape index (κ1) is 16.9. The number of ether oxygens (including phenoxy) is 1. The Hall–Kier alpha value is -2.92. The van der Waals surface area contributed by atoms with Crippen molar-refractivity contribution in [2.24, 2.45) is 0 Å². The predicted molar refractivity (Wildman–Crippen MR) is 94.8 cm³/mol. The van der Waals surface area contributed by atoms with Gasteiger partial charge in [0.15, 0.2) is 6.61 Å². The van der Waals surface area contributed by atoms with E-state index in [2.05, 4.69) is 10.1 Å². The second-order valence-corrected chi connectivity index (χ2v) is 5.75. The van der Waals surface area contributed by atoms with Gasteiger partial charge >= 0.3 is 5.97 Å². The lowest BCUT2D eigenvalue weighted by molar-refractivity contribution is -0.139. The van der Waals surface area contributed by atoms with Crippen molar-refractivity contribution in [1.29, 1.82) is 0 Å². The maximum Gasteiger partial charge on any atom is 0.331 e. The first-order valence-corrected chi connectivity index (χ1v) is 7.98. The van der Waals surface area contributed by atoms with Gasteiger partial charge in [0.25, 0.3) is 5.89 Å². The van der Waals surface area contributed by atoms with Gasteiger partial charge in [-0.1, -0.05) is 58.7 Å². The molecule has 0 aliphatic carbocycles. The molecule has 5 nitrogen and oxygen atoms in total. The Labute approximate surface area is 149 Å². The number of carbonyl (C=O) groups is 1. The van der Waals surface area contributed by atoms with Crippen molar-refractivity contribution in [1.82, 2.24) is 10.1 Å². The summed E-state index contributed by atoms with van der Waals surface area (Å²) in [7, 11) is 0. The lowest BCUT2D eigenvalue weighted by Crippen LogP contribution is -2.01. The SMILES string of the molecule is Cc1cccc(/C=C/C(=O)OCc2nc(-c3ccccc3Cl)no2)c1. The average molecular weight is 355 g/mol. The average Bonchev–Trinajstić information content (AvgIpc) is 3.07. The van der Waals surface area contributed by atoms with Crippen LogP contribution in [-0.2, 0) is 16.1 Å². The summed E-state index contributed by atoms with van der Waals surface area (Å²) in [5.41, 5.74) is 2.70. The molecular weight excluding hydrogens is 340 g/mol. The number of aromatic nitrogens is 2. The normalized spacial score (nSPS) is 11.0. The fourth-order valence-corrected chi connectivity index (χ4v) is 2.40. The third kappa shape index (κ3) is 4.55. The minimum atomic E-state index is -0.487. The summed E-state index contributed by atoms with van der Waals surface area (Å²) < 4.78 is 10.2. The van der Waals surface area contributed by atoms with Crippen LogP contribution in [0.1, 0.15) is 17.0 Å². The number of halogens is 1. The van der Waals surface area contributed by atoms with E-state index in [-0.39, 0.29) is 12.5 Å². The maximum absolute atomic E-state index is 11.8. The zero-order valence-corrected chi connectivity index (χ0v) is 14.2. The van der Waals surface area contributed by atoms with E-state index in [0.717, 1.165) is 11.1 Å². The second-order valence-electron chi connectivity index (χ2n) is 5.35. The van der Waals surface area contributed by atoms with E-state index in [1.165, 1.54) is 6.08 Å². The van der Waals surface area contributed by atoms with Gasteiger partial charge in [0.1, 0.15) is 0 Å². The molecule has 1 heterocycles. The molecule has 0 atom stereocenters. The number of benzene rings is 2. The van der Waals surface area contributed by atoms with Crippen LogP contribution in [0.15, 0.2) is 59.1 Å². The molecule has 1 aromatic heterocycles. The van der Waals surface area contributed by atoms with Crippen molar-refractivity contribution in [3.63, 3.8) is 0 Å². The van der Waals surface area contributed by atoms with Gasteiger partial charge in [0.2, 0.25) is 5.82 Å². The quantitative estimate of drug-likeness (QED) is 0.500. The first-order chi connectivity index (χ1) is 12.1. The van der Waals surface area contributed by atoms with Crippen LogP contribution in [-0.4, -0.2) is 16.1 Å². The van der Waals surface area contributed by atoms with E-state index >= 15 is 0 Å². The minimum Gasteiger partial charge on any atom is -0.452 e. The van der Waals surface area contributed by atoms with E-state index in [4.69, 9.17) is 20.9 Å². The Bertz CT molecular complexity index is 918. The van der Waals surface area contributed by atoms with Crippen LogP contribution in [0, 0.1) is 6.92 Å². The maximum atomic E-state index is 11.8. The summed E-state index contributed by atoms with van der Waals surface area (Å²) in [5, 5.41) is 4.37. The minimum absolute atomic E-state index is 0.103. The Morgan fingerprint density at radius 2 is 2.08 bits per heavy atom. The van der Waals surface area contributed by atoms with Crippen molar-refractivity contribution in [3.05, 3.63) is 76.6 Å². The van der Waals surface area contributed by atoms with Gasteiger partial charge in [0.05, 0.1) is 5.02 Å². The van der Waals surface area contributed by atoms with Crippen LogP contribution in [0.25, 0.3) is 17.5 Å². The third-order valence-electron chi connectivity index (χ3n) is 3.37. The molecule has 0 unspecified atom stereocenters. The summed E-state index contributed by atoms with van der Waals surface area (Å²) in [6, 6.07) is 15.0. The summed E-state index contributed by atoms with van der Waals surface area (Å²) in [6.07, 6.45) is 3.05. The predicted octanol–water partition coefficient (Wildman–Crippen LogP) is 4.46. The van der Waals surface area contributed by atoms with Crippen molar-refractivity contribution >= 4 is 23.6 Å². The Balaban J connectivity index is 1.59. The highest BCUT2D eigenvalue weighted by Gasteiger charge is 2.12. The molecule has 0 aliphatic rings. The number of rotatable bonds is 5. The summed E-state index contributed by atoms with van der Waals surface area (Å²) in [4.78, 5) is 16.0. The van der Waals surface area contributed by atoms with Crippen LogP contribution in [0.5, 0.6) is 0 Å². The monoisotopic (exact) mass is 354 g/mol. The molecule has 0 bridgehead atoms. The second kappa shape index (κ2) is 7.77. The molecule has 0 saturated carbocycles. The Morgan fingerprint density at radius 3 is 2.88 bits per heavy atom. The fraction of sp³-hybridized carbons (Fsp3) is 0.105. The van der Waals surface area contributed by atoms with E-state index in [1.807, 2.05) is 43.3 Å². The molecule has 0 N–H and O–H groups in total. The molecule has 0 saturated heterocycles. The molecular formula is C19H15ClN2O3. The topological polar surface area (TPSA) is 65.2 Å². The highest BCUT2D eigenvalue weighted by Crippen LogP contribution is 2.24. The fourth-order valence-electron chi connectivity index (χ4n) is 2.18. The van der Waals surface area contributed by atoms with Gasteiger partial charge in [0, 0.05) is 11.6 Å². The number of esters is 1. The van der Waals surface area contributed by atoms with Gasteiger partial charge in [-0.25, -0.2) is 4.79 Å². The van der Waals surface area contributed by atoms with Crippen LogP contribution in [0.3, 0.4) is 0 Å². The van der Waals surface area contributed by atoms with Crippen molar-refractivity contribution in [3.8, 4) is 11.4 Å². The summed E-state index contributed by atoms with van der Waals surface area (Å²) in [6.45, 7) is 1.89. The van der Waals surface area contributed by atoms with Crippen LogP contribution >= 0.6 is 11.6 Å². The number of nitrogens with zero attached hydrogens (tertiary/aromatic N) is 2. The molecule has 6 heteroatoms. The molecule has 3 rings (SSSR count). The van der Waals surface area contributed by atoms with Crippen molar-refractivity contribution < 1.29 is 14.1 Å². The number of hydrogen-bond donors (Lipinski definition) is 0.